The summed E-state index contributed by atoms with van der Waals surface area (Å²) in [5.74, 6) is 2.42. The van der Waals surface area contributed by atoms with Gasteiger partial charge >= 0.3 is 0 Å². The van der Waals surface area contributed by atoms with Gasteiger partial charge in [0.05, 0.1) is 5.56 Å². The fraction of sp³-hybridized carbons (Fsp3) is 0.188. The van der Waals surface area contributed by atoms with Crippen molar-refractivity contribution >= 4 is 44.9 Å². The van der Waals surface area contributed by atoms with Crippen molar-refractivity contribution in [1.29, 1.82) is 0 Å². The van der Waals surface area contributed by atoms with Crippen LogP contribution in [0.4, 0.5) is 0 Å². The molecule has 21 heavy (non-hydrogen) atoms. The summed E-state index contributed by atoms with van der Waals surface area (Å²) in [4.78, 5) is 1.41. The SMILES string of the molecule is CCSc1cccc(Oc2ccc(Br)c(C)c2)c1C(N)=S. The summed E-state index contributed by atoms with van der Waals surface area (Å²) >= 11 is 10.4. The highest BCUT2D eigenvalue weighted by Crippen LogP contribution is 2.34. The predicted octanol–water partition coefficient (Wildman–Crippen LogP) is 5.30. The Hall–Kier alpha value is -1.04. The molecule has 2 aromatic rings. The molecule has 5 heteroatoms. The summed E-state index contributed by atoms with van der Waals surface area (Å²) < 4.78 is 7.05. The van der Waals surface area contributed by atoms with Gasteiger partial charge in [-0.1, -0.05) is 41.1 Å². The average Bonchev–Trinajstić information content (AvgIpc) is 2.43. The molecule has 0 saturated carbocycles. The normalized spacial score (nSPS) is 10.4. The van der Waals surface area contributed by atoms with E-state index in [4.69, 9.17) is 22.7 Å². The van der Waals surface area contributed by atoms with Gasteiger partial charge in [-0.3, -0.25) is 0 Å². The molecule has 0 saturated heterocycles. The lowest BCUT2D eigenvalue weighted by Gasteiger charge is -2.14. The summed E-state index contributed by atoms with van der Waals surface area (Å²) in [5.41, 5.74) is 7.80. The third-order valence-corrected chi connectivity index (χ3v) is 4.93. The number of nitrogens with two attached hydrogens (primary N) is 1. The van der Waals surface area contributed by atoms with Crippen molar-refractivity contribution in [2.45, 2.75) is 18.7 Å². The van der Waals surface area contributed by atoms with Gasteiger partial charge in [-0.25, -0.2) is 0 Å². The van der Waals surface area contributed by atoms with Crippen molar-refractivity contribution < 1.29 is 4.74 Å². The average molecular weight is 382 g/mol. The first-order valence-corrected chi connectivity index (χ1v) is 8.71. The van der Waals surface area contributed by atoms with Crippen LogP contribution in [0.5, 0.6) is 11.5 Å². The maximum absolute atomic E-state index is 5.99. The minimum Gasteiger partial charge on any atom is -0.457 e. The standard InChI is InChI=1S/C16H16BrNOS2/c1-3-21-14-6-4-5-13(15(14)16(18)20)19-11-7-8-12(17)10(2)9-11/h4-9H,3H2,1-2H3,(H2,18,20). The number of ether oxygens (including phenoxy) is 1. The van der Waals surface area contributed by atoms with Gasteiger partial charge in [0, 0.05) is 9.37 Å². The van der Waals surface area contributed by atoms with Crippen LogP contribution in [-0.4, -0.2) is 10.7 Å². The molecule has 0 aliphatic carbocycles. The lowest BCUT2D eigenvalue weighted by molar-refractivity contribution is 0.480. The Morgan fingerprint density at radius 3 is 2.71 bits per heavy atom. The minimum atomic E-state index is 0.357. The number of benzene rings is 2. The molecule has 0 fully saturated rings. The third kappa shape index (κ3) is 3.99. The lowest BCUT2D eigenvalue weighted by atomic mass is 10.2. The zero-order valence-electron chi connectivity index (χ0n) is 11.9. The summed E-state index contributed by atoms with van der Waals surface area (Å²) in [5, 5.41) is 0. The molecule has 0 aliphatic heterocycles. The Morgan fingerprint density at radius 2 is 2.10 bits per heavy atom. The van der Waals surface area contributed by atoms with Gasteiger partial charge in [-0.05, 0) is 48.6 Å². The molecule has 2 N–H and O–H groups in total. The van der Waals surface area contributed by atoms with E-state index in [-0.39, 0.29) is 0 Å². The first-order chi connectivity index (χ1) is 10.0. The smallest absolute Gasteiger partial charge is 0.138 e. The second kappa shape index (κ2) is 7.29. The Kier molecular flexibility index (Phi) is 5.67. The van der Waals surface area contributed by atoms with E-state index in [1.807, 2.05) is 43.3 Å². The number of hydrogen-bond acceptors (Lipinski definition) is 3. The fourth-order valence-corrected chi connectivity index (χ4v) is 3.28. The van der Waals surface area contributed by atoms with Gasteiger partial charge in [0.25, 0.3) is 0 Å². The number of thiocarbonyl (C=S) groups is 1. The molecule has 0 heterocycles. The summed E-state index contributed by atoms with van der Waals surface area (Å²) in [6, 6.07) is 11.7. The zero-order chi connectivity index (χ0) is 15.4. The van der Waals surface area contributed by atoms with Gasteiger partial charge in [0.1, 0.15) is 16.5 Å². The number of rotatable bonds is 5. The second-order valence-electron chi connectivity index (χ2n) is 4.44. The predicted molar refractivity (Wildman–Crippen MR) is 97.7 cm³/mol. The van der Waals surface area contributed by atoms with Crippen LogP contribution in [-0.2, 0) is 0 Å². The molecule has 0 bridgehead atoms. The molecule has 2 rings (SSSR count). The van der Waals surface area contributed by atoms with E-state index in [1.54, 1.807) is 11.8 Å². The van der Waals surface area contributed by atoms with Crippen molar-refractivity contribution in [1.82, 2.24) is 0 Å². The second-order valence-corrected chi connectivity index (χ2v) is 7.04. The maximum atomic E-state index is 5.99. The number of hydrogen-bond donors (Lipinski definition) is 1. The number of aryl methyl sites for hydroxylation is 1. The van der Waals surface area contributed by atoms with Crippen LogP contribution in [0.2, 0.25) is 0 Å². The highest BCUT2D eigenvalue weighted by atomic mass is 79.9. The van der Waals surface area contributed by atoms with E-state index in [2.05, 4.69) is 22.9 Å². The van der Waals surface area contributed by atoms with Crippen LogP contribution in [0.3, 0.4) is 0 Å². The zero-order valence-corrected chi connectivity index (χ0v) is 15.1. The van der Waals surface area contributed by atoms with E-state index in [9.17, 15) is 0 Å². The molecule has 0 spiro atoms. The number of thioether (sulfide) groups is 1. The van der Waals surface area contributed by atoms with Crippen molar-refractivity contribution in [3.8, 4) is 11.5 Å². The van der Waals surface area contributed by atoms with Gasteiger partial charge in [0.2, 0.25) is 0 Å². The summed E-state index contributed by atoms with van der Waals surface area (Å²) in [6.07, 6.45) is 0. The molecule has 2 nitrogen and oxygen atoms in total. The first kappa shape index (κ1) is 16.3. The minimum absolute atomic E-state index is 0.357. The van der Waals surface area contributed by atoms with Crippen molar-refractivity contribution in [2.24, 2.45) is 5.73 Å². The summed E-state index contributed by atoms with van der Waals surface area (Å²) in [7, 11) is 0. The molecular formula is C16H16BrNOS2. The lowest BCUT2D eigenvalue weighted by Crippen LogP contribution is -2.12. The van der Waals surface area contributed by atoms with Gasteiger partial charge in [0.15, 0.2) is 0 Å². The van der Waals surface area contributed by atoms with Crippen molar-refractivity contribution in [3.63, 3.8) is 0 Å². The van der Waals surface area contributed by atoms with Crippen LogP contribution in [0.1, 0.15) is 18.1 Å². The largest absolute Gasteiger partial charge is 0.457 e. The van der Waals surface area contributed by atoms with E-state index in [0.29, 0.717) is 10.7 Å². The topological polar surface area (TPSA) is 35.2 Å². The molecule has 0 radical (unpaired) electrons. The molecule has 110 valence electrons. The molecule has 0 aliphatic rings. The molecule has 0 aromatic heterocycles. The van der Waals surface area contributed by atoms with Gasteiger partial charge < -0.3 is 10.5 Å². The Labute approximate surface area is 143 Å². The van der Waals surface area contributed by atoms with Crippen molar-refractivity contribution in [2.75, 3.05) is 5.75 Å². The molecule has 0 atom stereocenters. The van der Waals surface area contributed by atoms with Gasteiger partial charge in [-0.15, -0.1) is 11.8 Å². The first-order valence-electron chi connectivity index (χ1n) is 6.52. The van der Waals surface area contributed by atoms with E-state index < -0.39 is 0 Å². The quantitative estimate of drug-likeness (QED) is 0.563. The molecular weight excluding hydrogens is 366 g/mol. The van der Waals surface area contributed by atoms with Crippen LogP contribution in [0.25, 0.3) is 0 Å². The molecule has 0 amide bonds. The highest BCUT2D eigenvalue weighted by Gasteiger charge is 2.13. The van der Waals surface area contributed by atoms with E-state index >= 15 is 0 Å². The number of halogens is 1. The fourth-order valence-electron chi connectivity index (χ4n) is 1.92. The maximum Gasteiger partial charge on any atom is 0.138 e. The molecule has 2 aromatic carbocycles. The van der Waals surface area contributed by atoms with E-state index in [0.717, 1.165) is 32.0 Å². The summed E-state index contributed by atoms with van der Waals surface area (Å²) in [6.45, 7) is 4.12. The monoisotopic (exact) mass is 381 g/mol. The highest BCUT2D eigenvalue weighted by molar-refractivity contribution is 9.10. The van der Waals surface area contributed by atoms with Crippen LogP contribution >= 0.6 is 39.9 Å². The Balaban J connectivity index is 2.41. The van der Waals surface area contributed by atoms with Crippen LogP contribution in [0.15, 0.2) is 45.8 Å². The molecule has 0 unspecified atom stereocenters. The Morgan fingerprint density at radius 1 is 1.33 bits per heavy atom. The van der Waals surface area contributed by atoms with Crippen LogP contribution < -0.4 is 10.5 Å². The Bertz CT molecular complexity index is 673. The van der Waals surface area contributed by atoms with Gasteiger partial charge in [-0.2, -0.15) is 0 Å². The van der Waals surface area contributed by atoms with Crippen LogP contribution in [0, 0.1) is 6.92 Å². The van der Waals surface area contributed by atoms with Crippen molar-refractivity contribution in [3.05, 3.63) is 52.0 Å². The third-order valence-electron chi connectivity index (χ3n) is 2.89. The van der Waals surface area contributed by atoms with E-state index in [1.165, 1.54) is 0 Å².